The summed E-state index contributed by atoms with van der Waals surface area (Å²) in [5.74, 6) is -4.98. The SMILES string of the molecule is Fc1cc2c(cc1Cl)nc(CCCl)n2CC(F)(F)C(F)F. The Morgan fingerprint density at radius 2 is 1.95 bits per heavy atom. The minimum Gasteiger partial charge on any atom is -0.322 e. The van der Waals surface area contributed by atoms with Gasteiger partial charge in [0, 0.05) is 18.4 Å². The number of nitrogens with zero attached hydrogens (tertiary/aromatic N) is 2. The Kier molecular flexibility index (Phi) is 4.63. The fourth-order valence-corrected chi connectivity index (χ4v) is 2.23. The van der Waals surface area contributed by atoms with E-state index in [0.29, 0.717) is 0 Å². The highest BCUT2D eigenvalue weighted by molar-refractivity contribution is 6.31. The van der Waals surface area contributed by atoms with Gasteiger partial charge in [-0.2, -0.15) is 8.78 Å². The molecule has 0 N–H and O–H groups in total. The maximum absolute atomic E-state index is 13.5. The molecule has 1 aromatic heterocycles. The first kappa shape index (κ1) is 16.3. The topological polar surface area (TPSA) is 17.8 Å². The Morgan fingerprint density at radius 1 is 1.29 bits per heavy atom. The maximum atomic E-state index is 13.5. The molecule has 0 atom stereocenters. The monoisotopic (exact) mass is 346 g/mol. The Balaban J connectivity index is 2.58. The van der Waals surface area contributed by atoms with Crippen LogP contribution in [-0.2, 0) is 13.0 Å². The summed E-state index contributed by atoms with van der Waals surface area (Å²) >= 11 is 11.1. The van der Waals surface area contributed by atoms with Crippen molar-refractivity contribution in [3.05, 3.63) is 28.8 Å². The van der Waals surface area contributed by atoms with Crippen molar-refractivity contribution in [1.82, 2.24) is 9.55 Å². The van der Waals surface area contributed by atoms with Crippen molar-refractivity contribution >= 4 is 34.2 Å². The van der Waals surface area contributed by atoms with Crippen LogP contribution in [0.15, 0.2) is 12.1 Å². The fraction of sp³-hybridized carbons (Fsp3) is 0.417. The molecule has 1 aromatic carbocycles. The van der Waals surface area contributed by atoms with Gasteiger partial charge in [-0.15, -0.1) is 11.6 Å². The first-order valence-electron chi connectivity index (χ1n) is 5.82. The lowest BCUT2D eigenvalue weighted by Gasteiger charge is -2.18. The van der Waals surface area contributed by atoms with E-state index in [9.17, 15) is 22.0 Å². The van der Waals surface area contributed by atoms with Crippen molar-refractivity contribution < 1.29 is 22.0 Å². The molecule has 9 heteroatoms. The molecule has 0 radical (unpaired) electrons. The Bertz CT molecular complexity index is 657. The van der Waals surface area contributed by atoms with E-state index in [1.165, 1.54) is 0 Å². The number of alkyl halides is 5. The molecule has 0 aliphatic carbocycles. The molecule has 0 saturated heterocycles. The van der Waals surface area contributed by atoms with Gasteiger partial charge in [0.05, 0.1) is 22.6 Å². The smallest absolute Gasteiger partial charge is 0.322 e. The second-order valence-corrected chi connectivity index (χ2v) is 5.16. The van der Waals surface area contributed by atoms with Gasteiger partial charge < -0.3 is 4.57 Å². The van der Waals surface area contributed by atoms with E-state index >= 15 is 0 Å². The van der Waals surface area contributed by atoms with E-state index in [-0.39, 0.29) is 34.2 Å². The Labute approximate surface area is 126 Å². The molecule has 21 heavy (non-hydrogen) atoms. The molecule has 0 spiro atoms. The van der Waals surface area contributed by atoms with Gasteiger partial charge in [0.15, 0.2) is 0 Å². The summed E-state index contributed by atoms with van der Waals surface area (Å²) in [6, 6.07) is 2.05. The molecule has 0 aliphatic rings. The molecule has 0 saturated carbocycles. The molecule has 0 amide bonds. The van der Waals surface area contributed by atoms with Crippen LogP contribution in [0, 0.1) is 5.82 Å². The summed E-state index contributed by atoms with van der Waals surface area (Å²) in [5, 5.41) is -0.231. The first-order chi connectivity index (χ1) is 9.76. The lowest BCUT2D eigenvalue weighted by Crippen LogP contribution is -2.32. The molecule has 0 bridgehead atoms. The first-order valence-corrected chi connectivity index (χ1v) is 6.73. The van der Waals surface area contributed by atoms with Gasteiger partial charge in [0.25, 0.3) is 0 Å². The maximum Gasteiger partial charge on any atom is 0.324 e. The van der Waals surface area contributed by atoms with Crippen LogP contribution >= 0.6 is 23.2 Å². The summed E-state index contributed by atoms with van der Waals surface area (Å²) in [7, 11) is 0. The van der Waals surface area contributed by atoms with Crippen LogP contribution in [0.3, 0.4) is 0 Å². The minimum absolute atomic E-state index is 0.0302. The Hall–Kier alpha value is -1.08. The van der Waals surface area contributed by atoms with Crippen molar-refractivity contribution in [3.8, 4) is 0 Å². The third-order valence-electron chi connectivity index (χ3n) is 2.88. The van der Waals surface area contributed by atoms with Gasteiger partial charge in [0.1, 0.15) is 11.6 Å². The number of hydrogen-bond donors (Lipinski definition) is 0. The number of fused-ring (bicyclic) bond motifs is 1. The third kappa shape index (κ3) is 3.23. The highest BCUT2D eigenvalue weighted by Gasteiger charge is 2.42. The van der Waals surface area contributed by atoms with Crippen LogP contribution in [0.1, 0.15) is 5.82 Å². The largest absolute Gasteiger partial charge is 0.324 e. The minimum atomic E-state index is -4.26. The molecular weight excluding hydrogens is 338 g/mol. The van der Waals surface area contributed by atoms with E-state index in [2.05, 4.69) is 4.98 Å². The highest BCUT2D eigenvalue weighted by Crippen LogP contribution is 2.30. The zero-order valence-electron chi connectivity index (χ0n) is 10.4. The summed E-state index contributed by atoms with van der Waals surface area (Å²) < 4.78 is 65.6. The predicted octanol–water partition coefficient (Wildman–Crippen LogP) is 4.51. The van der Waals surface area contributed by atoms with Crippen LogP contribution in [-0.4, -0.2) is 27.8 Å². The standard InChI is InChI=1S/C12H9Cl2F5N2/c13-2-1-10-20-8-3-6(14)7(15)4-9(8)21(10)5-12(18,19)11(16)17/h3-4,11H,1-2,5H2. The number of hydrogen-bond acceptors (Lipinski definition) is 1. The van der Waals surface area contributed by atoms with Crippen molar-refractivity contribution in [1.29, 1.82) is 0 Å². The molecule has 2 aromatic rings. The molecule has 0 unspecified atom stereocenters. The summed E-state index contributed by atoms with van der Waals surface area (Å²) in [6.07, 6.45) is -3.76. The number of aryl methyl sites for hydroxylation is 1. The predicted molar refractivity (Wildman–Crippen MR) is 70.1 cm³/mol. The van der Waals surface area contributed by atoms with Gasteiger partial charge in [0.2, 0.25) is 0 Å². The molecule has 0 fully saturated rings. The molecule has 2 rings (SSSR count). The van der Waals surface area contributed by atoms with Gasteiger partial charge in [-0.05, 0) is 6.07 Å². The number of imidazole rings is 1. The van der Waals surface area contributed by atoms with Gasteiger partial charge in [-0.25, -0.2) is 18.2 Å². The Morgan fingerprint density at radius 3 is 2.52 bits per heavy atom. The number of rotatable bonds is 5. The van der Waals surface area contributed by atoms with Crippen LogP contribution in [0.25, 0.3) is 11.0 Å². The average molecular weight is 347 g/mol. The van der Waals surface area contributed by atoms with Crippen molar-refractivity contribution in [2.45, 2.75) is 25.3 Å². The highest BCUT2D eigenvalue weighted by atomic mass is 35.5. The second kappa shape index (κ2) is 5.96. The van der Waals surface area contributed by atoms with Crippen LogP contribution < -0.4 is 0 Å². The van der Waals surface area contributed by atoms with Crippen LogP contribution in [0.4, 0.5) is 22.0 Å². The average Bonchev–Trinajstić information content (AvgIpc) is 2.68. The van der Waals surface area contributed by atoms with Gasteiger partial charge in [-0.1, -0.05) is 11.6 Å². The van der Waals surface area contributed by atoms with E-state index in [1.54, 1.807) is 0 Å². The zero-order chi connectivity index (χ0) is 15.8. The van der Waals surface area contributed by atoms with E-state index < -0.39 is 24.7 Å². The van der Waals surface area contributed by atoms with Crippen LogP contribution in [0.2, 0.25) is 5.02 Å². The fourth-order valence-electron chi connectivity index (χ4n) is 1.90. The molecule has 0 aliphatic heterocycles. The number of benzene rings is 1. The second-order valence-electron chi connectivity index (χ2n) is 4.37. The normalized spacial score (nSPS) is 12.6. The van der Waals surface area contributed by atoms with E-state index in [4.69, 9.17) is 23.2 Å². The number of aromatic nitrogens is 2. The van der Waals surface area contributed by atoms with Crippen molar-refractivity contribution in [2.75, 3.05) is 5.88 Å². The van der Waals surface area contributed by atoms with Gasteiger partial charge >= 0.3 is 12.3 Å². The quantitative estimate of drug-likeness (QED) is 0.575. The van der Waals surface area contributed by atoms with Crippen LogP contribution in [0.5, 0.6) is 0 Å². The lowest BCUT2D eigenvalue weighted by atomic mass is 10.2. The van der Waals surface area contributed by atoms with Gasteiger partial charge in [-0.3, -0.25) is 0 Å². The van der Waals surface area contributed by atoms with E-state index in [1.807, 2.05) is 0 Å². The molecule has 116 valence electrons. The molecular formula is C12H9Cl2F5N2. The summed E-state index contributed by atoms with van der Waals surface area (Å²) in [4.78, 5) is 4.00. The summed E-state index contributed by atoms with van der Waals surface area (Å²) in [5.41, 5.74) is 0.115. The van der Waals surface area contributed by atoms with E-state index in [0.717, 1.165) is 16.7 Å². The summed E-state index contributed by atoms with van der Waals surface area (Å²) in [6.45, 7) is -1.31. The van der Waals surface area contributed by atoms with Crippen molar-refractivity contribution in [3.63, 3.8) is 0 Å². The number of halogens is 7. The van der Waals surface area contributed by atoms with Crippen molar-refractivity contribution in [2.24, 2.45) is 0 Å². The lowest BCUT2D eigenvalue weighted by molar-refractivity contribution is -0.137. The molecule has 2 nitrogen and oxygen atoms in total. The third-order valence-corrected chi connectivity index (χ3v) is 3.35. The zero-order valence-corrected chi connectivity index (χ0v) is 11.9. The molecule has 1 heterocycles.